The standard InChI is InChI=1S/C9H12ClFN2O/c1-9(13,4-14)5-2-6(10)8(12)7(11)3-5/h2-3,14H,4,12-13H2,1H3. The highest BCUT2D eigenvalue weighted by Gasteiger charge is 2.22. The molecule has 0 aromatic heterocycles. The fourth-order valence-corrected chi connectivity index (χ4v) is 1.21. The normalized spacial score (nSPS) is 15.2. The van der Waals surface area contributed by atoms with Gasteiger partial charge in [0, 0.05) is 0 Å². The highest BCUT2D eigenvalue weighted by atomic mass is 35.5. The summed E-state index contributed by atoms with van der Waals surface area (Å²) < 4.78 is 13.2. The van der Waals surface area contributed by atoms with Gasteiger partial charge in [0.05, 0.1) is 22.9 Å². The molecule has 0 spiro atoms. The van der Waals surface area contributed by atoms with Crippen LogP contribution in [-0.2, 0) is 5.54 Å². The largest absolute Gasteiger partial charge is 0.395 e. The van der Waals surface area contributed by atoms with Gasteiger partial charge in [0.25, 0.3) is 0 Å². The molecule has 0 saturated carbocycles. The van der Waals surface area contributed by atoms with Gasteiger partial charge in [-0.1, -0.05) is 11.6 Å². The van der Waals surface area contributed by atoms with Gasteiger partial charge in [0.2, 0.25) is 0 Å². The first-order valence-corrected chi connectivity index (χ1v) is 4.41. The number of aliphatic hydroxyl groups is 1. The fraction of sp³-hybridized carbons (Fsp3) is 0.333. The number of hydrogen-bond acceptors (Lipinski definition) is 3. The van der Waals surface area contributed by atoms with E-state index in [1.165, 1.54) is 12.1 Å². The molecule has 3 nitrogen and oxygen atoms in total. The van der Waals surface area contributed by atoms with Crippen LogP contribution >= 0.6 is 11.6 Å². The van der Waals surface area contributed by atoms with Crippen molar-refractivity contribution >= 4 is 17.3 Å². The van der Waals surface area contributed by atoms with Gasteiger partial charge in [-0.25, -0.2) is 4.39 Å². The quantitative estimate of drug-likeness (QED) is 0.654. The molecule has 0 heterocycles. The predicted molar refractivity (Wildman–Crippen MR) is 54.4 cm³/mol. The lowest BCUT2D eigenvalue weighted by molar-refractivity contribution is 0.210. The number of halogens is 2. The molecule has 1 unspecified atom stereocenters. The van der Waals surface area contributed by atoms with Crippen LogP contribution in [0.5, 0.6) is 0 Å². The SMILES string of the molecule is CC(N)(CO)c1cc(F)c(N)c(Cl)c1. The van der Waals surface area contributed by atoms with Crippen molar-refractivity contribution in [3.63, 3.8) is 0 Å². The van der Waals surface area contributed by atoms with Gasteiger partial charge in [-0.3, -0.25) is 0 Å². The van der Waals surface area contributed by atoms with Gasteiger partial charge in [-0.2, -0.15) is 0 Å². The fourth-order valence-electron chi connectivity index (χ4n) is 1.01. The first-order valence-electron chi connectivity index (χ1n) is 4.03. The Bertz CT molecular complexity index is 332. The van der Waals surface area contributed by atoms with E-state index in [1.807, 2.05) is 0 Å². The Morgan fingerprint density at radius 3 is 2.57 bits per heavy atom. The summed E-state index contributed by atoms with van der Waals surface area (Å²) in [5.74, 6) is -0.627. The van der Waals surface area contributed by atoms with Crippen molar-refractivity contribution in [1.82, 2.24) is 0 Å². The maximum atomic E-state index is 13.2. The second kappa shape index (κ2) is 3.73. The van der Waals surface area contributed by atoms with E-state index in [4.69, 9.17) is 28.2 Å². The van der Waals surface area contributed by atoms with Crippen LogP contribution in [0.25, 0.3) is 0 Å². The number of benzene rings is 1. The Kier molecular flexibility index (Phi) is 2.99. The Morgan fingerprint density at radius 1 is 1.57 bits per heavy atom. The molecule has 0 amide bonds. The Balaban J connectivity index is 3.26. The molecule has 1 aromatic rings. The highest BCUT2D eigenvalue weighted by molar-refractivity contribution is 6.33. The number of anilines is 1. The summed E-state index contributed by atoms with van der Waals surface area (Å²) in [5.41, 5.74) is 10.3. The average Bonchev–Trinajstić information content (AvgIpc) is 2.13. The van der Waals surface area contributed by atoms with Crippen LogP contribution in [0.4, 0.5) is 10.1 Å². The molecule has 1 rings (SSSR count). The van der Waals surface area contributed by atoms with Crippen molar-refractivity contribution in [1.29, 1.82) is 0 Å². The van der Waals surface area contributed by atoms with E-state index >= 15 is 0 Å². The van der Waals surface area contributed by atoms with Gasteiger partial charge in [-0.15, -0.1) is 0 Å². The molecule has 0 aliphatic heterocycles. The summed E-state index contributed by atoms with van der Waals surface area (Å²) in [6.45, 7) is 1.28. The molecule has 0 saturated heterocycles. The van der Waals surface area contributed by atoms with E-state index in [-0.39, 0.29) is 17.3 Å². The summed E-state index contributed by atoms with van der Waals surface area (Å²) in [6, 6.07) is 2.63. The van der Waals surface area contributed by atoms with Crippen LogP contribution in [-0.4, -0.2) is 11.7 Å². The molecule has 0 radical (unpaired) electrons. The number of hydrogen-bond donors (Lipinski definition) is 3. The second-order valence-electron chi connectivity index (χ2n) is 3.43. The second-order valence-corrected chi connectivity index (χ2v) is 3.84. The van der Waals surface area contributed by atoms with Crippen molar-refractivity contribution in [2.24, 2.45) is 5.73 Å². The lowest BCUT2D eigenvalue weighted by atomic mass is 9.94. The molecule has 14 heavy (non-hydrogen) atoms. The third-order valence-electron chi connectivity index (χ3n) is 2.07. The van der Waals surface area contributed by atoms with Gasteiger partial charge in [-0.05, 0) is 24.6 Å². The van der Waals surface area contributed by atoms with E-state index in [0.717, 1.165) is 0 Å². The van der Waals surface area contributed by atoms with Gasteiger partial charge in [0.15, 0.2) is 0 Å². The average molecular weight is 219 g/mol. The summed E-state index contributed by atoms with van der Waals surface area (Å²) in [7, 11) is 0. The molecule has 1 atom stereocenters. The molecule has 0 aliphatic rings. The van der Waals surface area contributed by atoms with E-state index in [1.54, 1.807) is 6.92 Å². The minimum absolute atomic E-state index is 0.102. The van der Waals surface area contributed by atoms with Gasteiger partial charge in [0.1, 0.15) is 5.82 Å². The van der Waals surface area contributed by atoms with Crippen LogP contribution < -0.4 is 11.5 Å². The summed E-state index contributed by atoms with van der Waals surface area (Å²) >= 11 is 5.68. The van der Waals surface area contributed by atoms with Crippen LogP contribution in [0.2, 0.25) is 5.02 Å². The zero-order valence-electron chi connectivity index (χ0n) is 7.72. The zero-order chi connectivity index (χ0) is 10.9. The highest BCUT2D eigenvalue weighted by Crippen LogP contribution is 2.28. The topological polar surface area (TPSA) is 72.3 Å². The smallest absolute Gasteiger partial charge is 0.147 e. The number of aliphatic hydroxyl groups excluding tert-OH is 1. The Labute approximate surface area is 86.5 Å². The lowest BCUT2D eigenvalue weighted by Crippen LogP contribution is -2.37. The van der Waals surface area contributed by atoms with Crippen molar-refractivity contribution in [3.05, 3.63) is 28.5 Å². The molecule has 0 bridgehead atoms. The minimum atomic E-state index is -1.02. The third-order valence-corrected chi connectivity index (χ3v) is 2.38. The predicted octanol–water partition coefficient (Wildman–Crippen LogP) is 1.23. The van der Waals surface area contributed by atoms with Crippen molar-refractivity contribution in [2.45, 2.75) is 12.5 Å². The van der Waals surface area contributed by atoms with E-state index in [0.29, 0.717) is 5.56 Å². The number of nitrogen functional groups attached to an aromatic ring is 1. The van der Waals surface area contributed by atoms with Gasteiger partial charge >= 0.3 is 0 Å². The number of rotatable bonds is 2. The molecular weight excluding hydrogens is 207 g/mol. The maximum absolute atomic E-state index is 13.2. The first-order chi connectivity index (χ1) is 6.38. The number of nitrogens with two attached hydrogens (primary N) is 2. The van der Waals surface area contributed by atoms with E-state index in [2.05, 4.69) is 0 Å². The molecule has 0 aliphatic carbocycles. The van der Waals surface area contributed by atoms with Gasteiger partial charge < -0.3 is 16.6 Å². The van der Waals surface area contributed by atoms with Crippen LogP contribution in [0.1, 0.15) is 12.5 Å². The van der Waals surface area contributed by atoms with Crippen molar-refractivity contribution in [3.8, 4) is 0 Å². The first kappa shape index (κ1) is 11.2. The van der Waals surface area contributed by atoms with Crippen LogP contribution in [0.3, 0.4) is 0 Å². The van der Waals surface area contributed by atoms with Crippen LogP contribution in [0, 0.1) is 5.82 Å². The minimum Gasteiger partial charge on any atom is -0.395 e. The Hall–Kier alpha value is -0.840. The third kappa shape index (κ3) is 1.97. The van der Waals surface area contributed by atoms with Crippen molar-refractivity contribution < 1.29 is 9.50 Å². The van der Waals surface area contributed by atoms with E-state index < -0.39 is 11.4 Å². The van der Waals surface area contributed by atoms with Crippen LogP contribution in [0.15, 0.2) is 12.1 Å². The lowest BCUT2D eigenvalue weighted by Gasteiger charge is -2.22. The molecule has 1 aromatic carbocycles. The molecule has 5 N–H and O–H groups in total. The maximum Gasteiger partial charge on any atom is 0.147 e. The molecule has 78 valence electrons. The summed E-state index contributed by atoms with van der Waals surface area (Å²) in [5, 5.41) is 9.08. The summed E-state index contributed by atoms with van der Waals surface area (Å²) in [6.07, 6.45) is 0. The molecule has 0 fully saturated rings. The van der Waals surface area contributed by atoms with E-state index in [9.17, 15) is 4.39 Å². The zero-order valence-corrected chi connectivity index (χ0v) is 8.48. The summed E-state index contributed by atoms with van der Waals surface area (Å²) in [4.78, 5) is 0. The monoisotopic (exact) mass is 218 g/mol. The molecular formula is C9H12ClFN2O. The van der Waals surface area contributed by atoms with Crippen molar-refractivity contribution in [2.75, 3.05) is 12.3 Å². The molecule has 5 heteroatoms. The Morgan fingerprint density at radius 2 is 2.14 bits per heavy atom.